The summed E-state index contributed by atoms with van der Waals surface area (Å²) in [5.41, 5.74) is 0.877. The predicted molar refractivity (Wildman–Crippen MR) is 77.1 cm³/mol. The van der Waals surface area contributed by atoms with E-state index in [1.54, 1.807) is 10.9 Å². The average Bonchev–Trinajstić information content (AvgIpc) is 2.79. The van der Waals surface area contributed by atoms with Crippen LogP contribution in [0.15, 0.2) is 6.20 Å². The minimum atomic E-state index is 0.778. The van der Waals surface area contributed by atoms with Gasteiger partial charge in [-0.05, 0) is 19.5 Å². The smallest absolute Gasteiger partial charge is 0.163 e. The van der Waals surface area contributed by atoms with Gasteiger partial charge in [0.2, 0.25) is 0 Å². The highest BCUT2D eigenvalue weighted by molar-refractivity contribution is 5.86. The van der Waals surface area contributed by atoms with Crippen molar-refractivity contribution in [2.45, 2.75) is 26.8 Å². The number of rotatable bonds is 6. The van der Waals surface area contributed by atoms with Crippen molar-refractivity contribution >= 4 is 16.9 Å². The average molecular weight is 262 g/mol. The normalized spacial score (nSPS) is 11.4. The topological polar surface area (TPSA) is 58.9 Å². The Morgan fingerprint density at radius 1 is 1.32 bits per heavy atom. The third kappa shape index (κ3) is 2.84. The lowest BCUT2D eigenvalue weighted by molar-refractivity contribution is 0.274. The van der Waals surface area contributed by atoms with Crippen LogP contribution in [0.25, 0.3) is 11.0 Å². The molecular formula is C13H22N6. The summed E-state index contributed by atoms with van der Waals surface area (Å²) in [6.07, 6.45) is 2.94. The van der Waals surface area contributed by atoms with Gasteiger partial charge < -0.3 is 5.32 Å². The standard InChI is InChI=1S/C13H22N6/c1-5-7-19(6-2)9-11-16-12(14-3)10-8-15-18(4)13(10)17-11/h8H,5-7,9H2,1-4H3,(H,14,16,17). The molecule has 2 rings (SSSR count). The lowest BCUT2D eigenvalue weighted by atomic mass is 10.3. The van der Waals surface area contributed by atoms with E-state index in [1.165, 1.54) is 0 Å². The fourth-order valence-corrected chi connectivity index (χ4v) is 2.19. The molecule has 0 unspecified atom stereocenters. The van der Waals surface area contributed by atoms with Gasteiger partial charge in [-0.3, -0.25) is 9.58 Å². The fourth-order valence-electron chi connectivity index (χ4n) is 2.19. The molecule has 6 nitrogen and oxygen atoms in total. The van der Waals surface area contributed by atoms with E-state index < -0.39 is 0 Å². The lowest BCUT2D eigenvalue weighted by Crippen LogP contribution is -2.25. The number of aryl methyl sites for hydroxylation is 1. The summed E-state index contributed by atoms with van der Waals surface area (Å²) in [6, 6.07) is 0. The van der Waals surface area contributed by atoms with Crippen molar-refractivity contribution in [2.24, 2.45) is 7.05 Å². The molecule has 6 heteroatoms. The SMILES string of the molecule is CCCN(CC)Cc1nc(NC)c2cnn(C)c2n1. The zero-order chi connectivity index (χ0) is 13.8. The summed E-state index contributed by atoms with van der Waals surface area (Å²) in [5, 5.41) is 8.33. The Balaban J connectivity index is 2.35. The van der Waals surface area contributed by atoms with Crippen LogP contribution in [0, 0.1) is 0 Å². The van der Waals surface area contributed by atoms with Gasteiger partial charge in [0, 0.05) is 14.1 Å². The van der Waals surface area contributed by atoms with Crippen LogP contribution in [0.2, 0.25) is 0 Å². The van der Waals surface area contributed by atoms with Gasteiger partial charge in [0.05, 0.1) is 18.1 Å². The second-order valence-corrected chi connectivity index (χ2v) is 4.61. The molecule has 2 aromatic heterocycles. The maximum atomic E-state index is 4.62. The first-order valence-electron chi connectivity index (χ1n) is 6.78. The second kappa shape index (κ2) is 5.97. The largest absolute Gasteiger partial charge is 0.372 e. The van der Waals surface area contributed by atoms with E-state index >= 15 is 0 Å². The van der Waals surface area contributed by atoms with Crippen molar-refractivity contribution in [3.63, 3.8) is 0 Å². The number of nitrogens with zero attached hydrogens (tertiary/aromatic N) is 5. The molecule has 0 saturated heterocycles. The first kappa shape index (κ1) is 13.7. The van der Waals surface area contributed by atoms with Crippen LogP contribution in [0.3, 0.4) is 0 Å². The number of fused-ring (bicyclic) bond motifs is 1. The molecule has 0 aliphatic rings. The third-order valence-electron chi connectivity index (χ3n) is 3.23. The van der Waals surface area contributed by atoms with Gasteiger partial charge in [-0.25, -0.2) is 9.97 Å². The number of anilines is 1. The van der Waals surface area contributed by atoms with Gasteiger partial charge in [0.25, 0.3) is 0 Å². The van der Waals surface area contributed by atoms with Gasteiger partial charge in [-0.15, -0.1) is 0 Å². The van der Waals surface area contributed by atoms with E-state index in [1.807, 2.05) is 14.1 Å². The summed E-state index contributed by atoms with van der Waals surface area (Å²) in [6.45, 7) is 7.21. The molecule has 0 fully saturated rings. The molecule has 0 aliphatic heterocycles. The van der Waals surface area contributed by atoms with Crippen LogP contribution in [-0.4, -0.2) is 44.8 Å². The molecule has 104 valence electrons. The summed E-state index contributed by atoms with van der Waals surface area (Å²) in [4.78, 5) is 11.6. The Hall–Kier alpha value is -1.69. The Morgan fingerprint density at radius 3 is 2.74 bits per heavy atom. The lowest BCUT2D eigenvalue weighted by Gasteiger charge is -2.18. The predicted octanol–water partition coefficient (Wildman–Crippen LogP) is 1.64. The number of hydrogen-bond acceptors (Lipinski definition) is 5. The Labute approximate surface area is 113 Å². The first-order valence-corrected chi connectivity index (χ1v) is 6.78. The van der Waals surface area contributed by atoms with E-state index in [2.05, 4.69) is 39.1 Å². The maximum Gasteiger partial charge on any atom is 0.163 e. The monoisotopic (exact) mass is 262 g/mol. The van der Waals surface area contributed by atoms with Crippen molar-refractivity contribution in [1.82, 2.24) is 24.6 Å². The van der Waals surface area contributed by atoms with E-state index in [0.29, 0.717) is 0 Å². The summed E-state index contributed by atoms with van der Waals surface area (Å²) < 4.78 is 1.79. The van der Waals surface area contributed by atoms with Crippen molar-refractivity contribution in [2.75, 3.05) is 25.5 Å². The van der Waals surface area contributed by atoms with Crippen LogP contribution in [0.5, 0.6) is 0 Å². The van der Waals surface area contributed by atoms with Crippen LogP contribution in [0.4, 0.5) is 5.82 Å². The molecule has 19 heavy (non-hydrogen) atoms. The number of aromatic nitrogens is 4. The zero-order valence-electron chi connectivity index (χ0n) is 12.1. The van der Waals surface area contributed by atoms with Crippen molar-refractivity contribution in [3.8, 4) is 0 Å². The highest BCUT2D eigenvalue weighted by Crippen LogP contribution is 2.19. The molecule has 0 atom stereocenters. The van der Waals surface area contributed by atoms with Crippen molar-refractivity contribution < 1.29 is 0 Å². The van der Waals surface area contributed by atoms with Crippen LogP contribution in [0.1, 0.15) is 26.1 Å². The molecule has 0 radical (unpaired) electrons. The Morgan fingerprint density at radius 2 is 2.11 bits per heavy atom. The van der Waals surface area contributed by atoms with Crippen LogP contribution < -0.4 is 5.32 Å². The summed E-state index contributed by atoms with van der Waals surface area (Å²) >= 11 is 0. The molecule has 2 aromatic rings. The molecule has 1 N–H and O–H groups in total. The Bertz CT molecular complexity index is 547. The third-order valence-corrected chi connectivity index (χ3v) is 3.23. The first-order chi connectivity index (χ1) is 9.19. The second-order valence-electron chi connectivity index (χ2n) is 4.61. The molecule has 0 aromatic carbocycles. The highest BCUT2D eigenvalue weighted by Gasteiger charge is 2.12. The van der Waals surface area contributed by atoms with Gasteiger partial charge in [-0.1, -0.05) is 13.8 Å². The van der Waals surface area contributed by atoms with Crippen molar-refractivity contribution in [1.29, 1.82) is 0 Å². The minimum Gasteiger partial charge on any atom is -0.372 e. The zero-order valence-corrected chi connectivity index (χ0v) is 12.1. The van der Waals surface area contributed by atoms with Gasteiger partial charge in [0.15, 0.2) is 5.65 Å². The maximum absolute atomic E-state index is 4.62. The summed E-state index contributed by atoms with van der Waals surface area (Å²) in [5.74, 6) is 1.69. The van der Waals surface area contributed by atoms with Crippen LogP contribution in [-0.2, 0) is 13.6 Å². The molecule has 0 amide bonds. The minimum absolute atomic E-state index is 0.778. The van der Waals surface area contributed by atoms with Gasteiger partial charge in [-0.2, -0.15) is 5.10 Å². The number of hydrogen-bond donors (Lipinski definition) is 1. The number of nitrogens with one attached hydrogen (secondary N) is 1. The van der Waals surface area contributed by atoms with Crippen LogP contribution >= 0.6 is 0 Å². The van der Waals surface area contributed by atoms with E-state index in [4.69, 9.17) is 0 Å². The molecule has 0 aliphatic carbocycles. The molecule has 0 saturated carbocycles. The van der Waals surface area contributed by atoms with E-state index in [9.17, 15) is 0 Å². The Kier molecular flexibility index (Phi) is 4.31. The van der Waals surface area contributed by atoms with Crippen molar-refractivity contribution in [3.05, 3.63) is 12.0 Å². The van der Waals surface area contributed by atoms with E-state index in [-0.39, 0.29) is 0 Å². The molecular weight excluding hydrogens is 240 g/mol. The van der Waals surface area contributed by atoms with Gasteiger partial charge >= 0.3 is 0 Å². The summed E-state index contributed by atoms with van der Waals surface area (Å²) in [7, 11) is 3.78. The van der Waals surface area contributed by atoms with E-state index in [0.717, 1.165) is 48.7 Å². The quantitative estimate of drug-likeness (QED) is 0.857. The van der Waals surface area contributed by atoms with Gasteiger partial charge in [0.1, 0.15) is 11.6 Å². The molecule has 0 bridgehead atoms. The fraction of sp³-hybridized carbons (Fsp3) is 0.615. The molecule has 2 heterocycles. The highest BCUT2D eigenvalue weighted by atomic mass is 15.3. The molecule has 0 spiro atoms.